The molecule has 1 saturated carbocycles. The highest BCUT2D eigenvalue weighted by Crippen LogP contribution is 2.30. The van der Waals surface area contributed by atoms with E-state index >= 15 is 0 Å². The van der Waals surface area contributed by atoms with Crippen LogP contribution in [0.15, 0.2) is 0 Å². The normalized spacial score (nSPS) is 24.0. The molecule has 4 nitrogen and oxygen atoms in total. The van der Waals surface area contributed by atoms with Crippen molar-refractivity contribution in [3.05, 3.63) is 0 Å². The van der Waals surface area contributed by atoms with Crippen LogP contribution in [0.25, 0.3) is 0 Å². The molecular formula is C12H20N2O2. The molecule has 0 aromatic heterocycles. The van der Waals surface area contributed by atoms with Gasteiger partial charge in [-0.05, 0) is 31.2 Å². The van der Waals surface area contributed by atoms with Crippen LogP contribution >= 0.6 is 0 Å². The highest BCUT2D eigenvalue weighted by atomic mass is 16.5. The predicted molar refractivity (Wildman–Crippen MR) is 62.5 cm³/mol. The van der Waals surface area contributed by atoms with Crippen molar-refractivity contribution >= 4 is 5.91 Å². The molecule has 90 valence electrons. The summed E-state index contributed by atoms with van der Waals surface area (Å²) in [5.41, 5.74) is 5.66. The lowest BCUT2D eigenvalue weighted by Gasteiger charge is -2.17. The minimum atomic E-state index is -0.153. The molecule has 1 fully saturated rings. The summed E-state index contributed by atoms with van der Waals surface area (Å²) in [6.07, 6.45) is 8.59. The van der Waals surface area contributed by atoms with Crippen LogP contribution < -0.4 is 11.1 Å². The van der Waals surface area contributed by atoms with Crippen molar-refractivity contribution in [2.75, 3.05) is 26.3 Å². The van der Waals surface area contributed by atoms with Crippen molar-refractivity contribution in [3.63, 3.8) is 0 Å². The fraction of sp³-hybridized carbons (Fsp3) is 0.750. The Labute approximate surface area is 96.9 Å². The highest BCUT2D eigenvalue weighted by Gasteiger charge is 2.26. The van der Waals surface area contributed by atoms with Crippen molar-refractivity contribution in [3.8, 4) is 12.3 Å². The topological polar surface area (TPSA) is 64.3 Å². The largest absolute Gasteiger partial charge is 0.371 e. The van der Waals surface area contributed by atoms with Gasteiger partial charge in [-0.2, -0.15) is 0 Å². The summed E-state index contributed by atoms with van der Waals surface area (Å²) in [6.45, 7) is 1.70. The fourth-order valence-electron chi connectivity index (χ4n) is 2.15. The van der Waals surface area contributed by atoms with Crippen molar-refractivity contribution in [1.82, 2.24) is 5.32 Å². The number of terminal acetylenes is 1. The standard InChI is InChI=1S/C12H20N2O2/c1-2-6-14-12(15)9-16-8-11-5-3-4-10(11)7-13/h1,10-11H,3-9,13H2,(H,14,15). The lowest BCUT2D eigenvalue weighted by molar-refractivity contribution is -0.126. The summed E-state index contributed by atoms with van der Waals surface area (Å²) in [7, 11) is 0. The van der Waals surface area contributed by atoms with Gasteiger partial charge in [0.1, 0.15) is 6.61 Å². The molecule has 1 rings (SSSR count). The number of carbonyl (C=O) groups is 1. The summed E-state index contributed by atoms with van der Waals surface area (Å²) in [5, 5.41) is 2.56. The van der Waals surface area contributed by atoms with Crippen LogP contribution in [-0.4, -0.2) is 32.2 Å². The Morgan fingerprint density at radius 1 is 1.50 bits per heavy atom. The average Bonchev–Trinajstić information content (AvgIpc) is 2.74. The third-order valence-electron chi connectivity index (χ3n) is 3.07. The van der Waals surface area contributed by atoms with Crippen LogP contribution in [0.2, 0.25) is 0 Å². The molecule has 0 aliphatic heterocycles. The Kier molecular flexibility index (Phi) is 5.91. The van der Waals surface area contributed by atoms with E-state index in [-0.39, 0.29) is 19.1 Å². The smallest absolute Gasteiger partial charge is 0.246 e. The van der Waals surface area contributed by atoms with Gasteiger partial charge in [-0.25, -0.2) is 0 Å². The minimum Gasteiger partial charge on any atom is -0.371 e. The van der Waals surface area contributed by atoms with Crippen LogP contribution in [-0.2, 0) is 9.53 Å². The number of hydrogen-bond acceptors (Lipinski definition) is 3. The molecule has 0 aromatic carbocycles. The summed E-state index contributed by atoms with van der Waals surface area (Å²) in [4.78, 5) is 11.2. The van der Waals surface area contributed by atoms with E-state index in [0.717, 1.165) is 13.0 Å². The van der Waals surface area contributed by atoms with Gasteiger partial charge in [-0.15, -0.1) is 6.42 Å². The molecule has 2 unspecified atom stereocenters. The number of amides is 1. The monoisotopic (exact) mass is 224 g/mol. The van der Waals surface area contributed by atoms with Crippen LogP contribution in [0.4, 0.5) is 0 Å². The second-order valence-electron chi connectivity index (χ2n) is 4.18. The van der Waals surface area contributed by atoms with Crippen LogP contribution in [0.1, 0.15) is 19.3 Å². The molecular weight excluding hydrogens is 204 g/mol. The van der Waals surface area contributed by atoms with Gasteiger partial charge in [-0.3, -0.25) is 4.79 Å². The molecule has 0 spiro atoms. The molecule has 4 heteroatoms. The minimum absolute atomic E-state index is 0.0927. The summed E-state index contributed by atoms with van der Waals surface area (Å²) < 4.78 is 5.37. The molecule has 0 radical (unpaired) electrons. The zero-order chi connectivity index (χ0) is 11.8. The van der Waals surface area contributed by atoms with E-state index in [1.807, 2.05) is 0 Å². The van der Waals surface area contributed by atoms with Gasteiger partial charge < -0.3 is 15.8 Å². The number of nitrogens with two attached hydrogens (primary N) is 1. The zero-order valence-corrected chi connectivity index (χ0v) is 9.58. The van der Waals surface area contributed by atoms with E-state index in [0.29, 0.717) is 18.4 Å². The van der Waals surface area contributed by atoms with Crippen molar-refractivity contribution in [1.29, 1.82) is 0 Å². The average molecular weight is 224 g/mol. The van der Waals surface area contributed by atoms with E-state index in [4.69, 9.17) is 16.9 Å². The molecule has 1 aliphatic rings. The third kappa shape index (κ3) is 4.21. The van der Waals surface area contributed by atoms with Crippen LogP contribution in [0.5, 0.6) is 0 Å². The maximum absolute atomic E-state index is 11.2. The number of hydrogen-bond donors (Lipinski definition) is 2. The second kappa shape index (κ2) is 7.26. The first-order valence-electron chi connectivity index (χ1n) is 5.76. The van der Waals surface area contributed by atoms with Crippen molar-refractivity contribution < 1.29 is 9.53 Å². The van der Waals surface area contributed by atoms with Crippen LogP contribution in [0, 0.1) is 24.2 Å². The lowest BCUT2D eigenvalue weighted by Crippen LogP contribution is -2.29. The van der Waals surface area contributed by atoms with Gasteiger partial charge in [0.25, 0.3) is 0 Å². The molecule has 1 amide bonds. The first-order chi connectivity index (χ1) is 7.77. The van der Waals surface area contributed by atoms with E-state index in [9.17, 15) is 4.79 Å². The number of nitrogens with one attached hydrogen (secondary N) is 1. The van der Waals surface area contributed by atoms with E-state index < -0.39 is 0 Å². The van der Waals surface area contributed by atoms with Gasteiger partial charge in [0.15, 0.2) is 0 Å². The molecule has 0 saturated heterocycles. The first-order valence-corrected chi connectivity index (χ1v) is 5.76. The summed E-state index contributed by atoms with van der Waals surface area (Å²) in [6, 6.07) is 0. The van der Waals surface area contributed by atoms with Gasteiger partial charge in [0, 0.05) is 0 Å². The summed E-state index contributed by atoms with van der Waals surface area (Å²) in [5.74, 6) is 3.27. The Bertz CT molecular complexity index is 260. The number of carbonyl (C=O) groups excluding carboxylic acids is 1. The molecule has 0 bridgehead atoms. The first kappa shape index (κ1) is 13.0. The Morgan fingerprint density at radius 3 is 2.94 bits per heavy atom. The maximum Gasteiger partial charge on any atom is 0.246 e. The van der Waals surface area contributed by atoms with Crippen molar-refractivity contribution in [2.45, 2.75) is 19.3 Å². The Balaban J connectivity index is 2.10. The lowest BCUT2D eigenvalue weighted by atomic mass is 9.97. The maximum atomic E-state index is 11.2. The summed E-state index contributed by atoms with van der Waals surface area (Å²) >= 11 is 0. The SMILES string of the molecule is C#CCNC(=O)COCC1CCCC1CN. The Morgan fingerprint density at radius 2 is 2.25 bits per heavy atom. The highest BCUT2D eigenvalue weighted by molar-refractivity contribution is 5.77. The molecule has 3 N–H and O–H groups in total. The van der Waals surface area contributed by atoms with Gasteiger partial charge in [0.05, 0.1) is 13.2 Å². The van der Waals surface area contributed by atoms with E-state index in [2.05, 4.69) is 11.2 Å². The zero-order valence-electron chi connectivity index (χ0n) is 9.58. The quantitative estimate of drug-likeness (QED) is 0.630. The fourth-order valence-corrected chi connectivity index (χ4v) is 2.15. The Hall–Kier alpha value is -1.05. The van der Waals surface area contributed by atoms with Gasteiger partial charge >= 0.3 is 0 Å². The molecule has 16 heavy (non-hydrogen) atoms. The molecule has 0 heterocycles. The molecule has 0 aromatic rings. The van der Waals surface area contributed by atoms with Crippen LogP contribution in [0.3, 0.4) is 0 Å². The predicted octanol–water partition coefficient (Wildman–Crippen LogP) is 0.127. The molecule has 2 atom stereocenters. The second-order valence-corrected chi connectivity index (χ2v) is 4.18. The van der Waals surface area contributed by atoms with Gasteiger partial charge in [0.2, 0.25) is 5.91 Å². The van der Waals surface area contributed by atoms with Gasteiger partial charge in [-0.1, -0.05) is 12.3 Å². The number of rotatable bonds is 6. The number of ether oxygens (including phenoxy) is 1. The third-order valence-corrected chi connectivity index (χ3v) is 3.07. The van der Waals surface area contributed by atoms with E-state index in [1.54, 1.807) is 0 Å². The van der Waals surface area contributed by atoms with E-state index in [1.165, 1.54) is 12.8 Å². The molecule has 1 aliphatic carbocycles. The van der Waals surface area contributed by atoms with Crippen molar-refractivity contribution in [2.24, 2.45) is 17.6 Å².